The molecule has 15 heteroatoms. The first-order valence-electron chi connectivity index (χ1n) is 14.7. The summed E-state index contributed by atoms with van der Waals surface area (Å²) >= 11 is 5.86. The number of H-pyrrole nitrogens is 1. The number of likely N-dealkylation sites (tertiary alicyclic amines) is 1. The van der Waals surface area contributed by atoms with Crippen molar-refractivity contribution in [3.05, 3.63) is 76.2 Å². The normalized spacial score (nSPS) is 17.4. The fraction of sp³-hybridized carbons (Fsp3) is 0.367. The molecule has 232 valence electrons. The van der Waals surface area contributed by atoms with Gasteiger partial charge < -0.3 is 19.8 Å². The molecule has 2 saturated heterocycles. The van der Waals surface area contributed by atoms with E-state index in [0.29, 0.717) is 46.4 Å². The quantitative estimate of drug-likeness (QED) is 0.232. The minimum Gasteiger partial charge on any atom is -0.473 e. The minimum absolute atomic E-state index is 0.0496. The number of fused-ring (bicyclic) bond motifs is 1. The summed E-state index contributed by atoms with van der Waals surface area (Å²) < 4.78 is 27.8. The molecule has 0 aliphatic carbocycles. The van der Waals surface area contributed by atoms with Crippen LogP contribution in [-0.2, 0) is 24.4 Å². The van der Waals surface area contributed by atoms with Gasteiger partial charge in [0.15, 0.2) is 5.65 Å². The van der Waals surface area contributed by atoms with E-state index in [1.807, 2.05) is 12.1 Å². The van der Waals surface area contributed by atoms with Gasteiger partial charge in [0, 0.05) is 34.9 Å². The summed E-state index contributed by atoms with van der Waals surface area (Å²) in [6.07, 6.45) is 2.93. The number of halogens is 2. The van der Waals surface area contributed by atoms with Gasteiger partial charge in [-0.1, -0.05) is 23.7 Å². The van der Waals surface area contributed by atoms with E-state index in [-0.39, 0.29) is 30.3 Å². The van der Waals surface area contributed by atoms with Crippen molar-refractivity contribution in [1.29, 1.82) is 0 Å². The predicted octanol–water partition coefficient (Wildman–Crippen LogP) is 3.65. The zero-order valence-electron chi connectivity index (χ0n) is 24.2. The number of primary amides is 1. The van der Waals surface area contributed by atoms with Crippen LogP contribution in [0.4, 0.5) is 4.39 Å². The second-order valence-corrected chi connectivity index (χ2v) is 11.6. The number of carbonyl (C=O) groups excluding carboxylic acids is 1. The molecule has 7 rings (SSSR count). The van der Waals surface area contributed by atoms with Crippen molar-refractivity contribution >= 4 is 28.7 Å². The first-order valence-corrected chi connectivity index (χ1v) is 15.1. The average molecular weight is 633 g/mol. The van der Waals surface area contributed by atoms with Gasteiger partial charge in [-0.05, 0) is 56.6 Å². The molecular formula is C30H30ClFN10O3. The van der Waals surface area contributed by atoms with Crippen LogP contribution in [0.1, 0.15) is 52.9 Å². The third-order valence-corrected chi connectivity index (χ3v) is 8.44. The lowest BCUT2D eigenvalue weighted by Crippen LogP contribution is -2.35. The Kier molecular flexibility index (Phi) is 8.08. The first kappa shape index (κ1) is 29.2. The number of ether oxygens (including phenoxy) is 2. The molecule has 13 nitrogen and oxygen atoms in total. The lowest BCUT2D eigenvalue weighted by Gasteiger charge is -2.32. The van der Waals surface area contributed by atoms with Crippen molar-refractivity contribution < 1.29 is 18.7 Å². The minimum atomic E-state index is -0.707. The molecule has 1 amide bonds. The number of aromatic amines is 1. The SMILES string of the molecule is NC(=O)c1nc(-c2cc3nc(CN4CCC(c5cccc(OCc6ccc(Cl)cc6F)n5)CC4)n(CC4CCO4)c3nn2)n[nH]1. The van der Waals surface area contributed by atoms with E-state index in [1.165, 1.54) is 6.07 Å². The molecule has 2 aliphatic rings. The van der Waals surface area contributed by atoms with Crippen LogP contribution in [0.3, 0.4) is 0 Å². The number of nitrogens with one attached hydrogen (secondary N) is 1. The molecule has 3 N–H and O–H groups in total. The van der Waals surface area contributed by atoms with Gasteiger partial charge in [-0.2, -0.15) is 5.10 Å². The maximum atomic E-state index is 14.2. The molecule has 45 heavy (non-hydrogen) atoms. The fourth-order valence-corrected chi connectivity index (χ4v) is 5.79. The lowest BCUT2D eigenvalue weighted by atomic mass is 9.93. The molecule has 0 spiro atoms. The fourth-order valence-electron chi connectivity index (χ4n) is 5.63. The number of piperidine rings is 1. The second-order valence-electron chi connectivity index (χ2n) is 11.2. The van der Waals surface area contributed by atoms with Gasteiger partial charge in [0.25, 0.3) is 5.91 Å². The van der Waals surface area contributed by atoms with Gasteiger partial charge in [0.1, 0.15) is 29.5 Å². The highest BCUT2D eigenvalue weighted by atomic mass is 35.5. The summed E-state index contributed by atoms with van der Waals surface area (Å²) in [5, 5.41) is 15.7. The van der Waals surface area contributed by atoms with E-state index >= 15 is 0 Å². The average Bonchev–Trinajstić information content (AvgIpc) is 3.64. The van der Waals surface area contributed by atoms with Crippen LogP contribution in [0.15, 0.2) is 42.5 Å². The number of hydrogen-bond donors (Lipinski definition) is 2. The maximum absolute atomic E-state index is 14.2. The number of nitrogens with zero attached hydrogens (tertiary/aromatic N) is 8. The zero-order valence-corrected chi connectivity index (χ0v) is 25.0. The van der Waals surface area contributed by atoms with E-state index < -0.39 is 11.7 Å². The number of pyridine rings is 1. The summed E-state index contributed by atoms with van der Waals surface area (Å²) in [5.74, 6) is 0.681. The third-order valence-electron chi connectivity index (χ3n) is 8.21. The van der Waals surface area contributed by atoms with Crippen molar-refractivity contribution in [3.63, 3.8) is 0 Å². The molecule has 2 aliphatic heterocycles. The highest BCUT2D eigenvalue weighted by molar-refractivity contribution is 6.30. The third kappa shape index (κ3) is 6.34. The molecular weight excluding hydrogens is 603 g/mol. The zero-order chi connectivity index (χ0) is 30.9. The Morgan fingerprint density at radius 2 is 1.96 bits per heavy atom. The number of aromatic nitrogens is 8. The maximum Gasteiger partial charge on any atom is 0.286 e. The standard InChI is InChI=1S/C30H30ClFN10O3/c31-19-5-4-18(21(32)12-19)16-45-26-3-1-2-22(35-26)17-6-9-41(10-7-17)15-25-34-24-13-23(28-36-29(27(33)43)39-38-28)37-40-30(24)42(25)14-20-8-11-44-20/h1-5,12-13,17,20H,6-11,14-16H2,(H2,33,43)(H,36,38,39). The molecule has 1 aromatic carbocycles. The van der Waals surface area contributed by atoms with Crippen LogP contribution in [0.25, 0.3) is 22.7 Å². The number of hydrogen-bond acceptors (Lipinski definition) is 10. The smallest absolute Gasteiger partial charge is 0.286 e. The molecule has 5 aromatic rings. The molecule has 0 saturated carbocycles. The van der Waals surface area contributed by atoms with Crippen LogP contribution in [0.2, 0.25) is 5.02 Å². The highest BCUT2D eigenvalue weighted by Gasteiger charge is 2.27. The van der Waals surface area contributed by atoms with E-state index in [9.17, 15) is 9.18 Å². The van der Waals surface area contributed by atoms with Crippen LogP contribution in [-0.4, -0.2) is 76.5 Å². The van der Waals surface area contributed by atoms with Crippen molar-refractivity contribution in [2.24, 2.45) is 5.73 Å². The summed E-state index contributed by atoms with van der Waals surface area (Å²) in [4.78, 5) is 27.6. The Morgan fingerprint density at radius 3 is 2.69 bits per heavy atom. The van der Waals surface area contributed by atoms with Crippen LogP contribution in [0, 0.1) is 5.82 Å². The number of carbonyl (C=O) groups is 1. The lowest BCUT2D eigenvalue weighted by molar-refractivity contribution is -0.0593. The second kappa shape index (κ2) is 12.5. The highest BCUT2D eigenvalue weighted by Crippen LogP contribution is 2.30. The summed E-state index contributed by atoms with van der Waals surface area (Å²) in [6.45, 7) is 3.83. The molecule has 2 fully saturated rings. The van der Waals surface area contributed by atoms with Crippen molar-refractivity contribution in [2.45, 2.75) is 51.0 Å². The summed E-state index contributed by atoms with van der Waals surface area (Å²) in [5.41, 5.74) is 8.39. The van der Waals surface area contributed by atoms with Gasteiger partial charge in [0.05, 0.1) is 19.2 Å². The van der Waals surface area contributed by atoms with E-state index in [1.54, 1.807) is 24.3 Å². The Hall–Kier alpha value is -4.53. The van der Waals surface area contributed by atoms with Crippen LogP contribution in [0.5, 0.6) is 5.88 Å². The summed E-state index contributed by atoms with van der Waals surface area (Å²) in [7, 11) is 0. The Morgan fingerprint density at radius 1 is 1.11 bits per heavy atom. The molecule has 1 unspecified atom stereocenters. The predicted molar refractivity (Wildman–Crippen MR) is 161 cm³/mol. The van der Waals surface area contributed by atoms with E-state index in [4.69, 9.17) is 36.8 Å². The van der Waals surface area contributed by atoms with E-state index in [2.05, 4.69) is 34.8 Å². The number of nitrogens with two attached hydrogens (primary N) is 1. The van der Waals surface area contributed by atoms with Crippen molar-refractivity contribution in [1.82, 2.24) is 44.8 Å². The Labute approximate surface area is 261 Å². The van der Waals surface area contributed by atoms with Gasteiger partial charge in [0.2, 0.25) is 17.5 Å². The Bertz CT molecular complexity index is 1850. The number of rotatable bonds is 10. The summed E-state index contributed by atoms with van der Waals surface area (Å²) in [6, 6.07) is 12.0. The molecule has 0 bridgehead atoms. The number of imidazole rings is 1. The number of amides is 1. The molecule has 6 heterocycles. The monoisotopic (exact) mass is 632 g/mol. The van der Waals surface area contributed by atoms with Crippen molar-refractivity contribution in [2.75, 3.05) is 19.7 Å². The van der Waals surface area contributed by atoms with Gasteiger partial charge in [-0.25, -0.2) is 19.3 Å². The van der Waals surface area contributed by atoms with E-state index in [0.717, 1.165) is 50.5 Å². The van der Waals surface area contributed by atoms with Crippen LogP contribution >= 0.6 is 11.6 Å². The van der Waals surface area contributed by atoms with Gasteiger partial charge in [-0.15, -0.1) is 10.2 Å². The van der Waals surface area contributed by atoms with Gasteiger partial charge in [-0.3, -0.25) is 14.8 Å². The number of benzene rings is 1. The molecule has 1 atom stereocenters. The Balaban J connectivity index is 1.03. The largest absolute Gasteiger partial charge is 0.473 e. The molecule has 0 radical (unpaired) electrons. The van der Waals surface area contributed by atoms with Crippen molar-refractivity contribution in [3.8, 4) is 17.4 Å². The molecule has 4 aromatic heterocycles. The van der Waals surface area contributed by atoms with Gasteiger partial charge >= 0.3 is 0 Å². The first-order chi connectivity index (χ1) is 21.9. The topological polar surface area (TPSA) is 163 Å². The van der Waals surface area contributed by atoms with Crippen LogP contribution < -0.4 is 10.5 Å².